The van der Waals surface area contributed by atoms with Gasteiger partial charge in [-0.15, -0.1) is 0 Å². The van der Waals surface area contributed by atoms with E-state index in [1.807, 2.05) is 26.1 Å². The zero-order valence-corrected chi connectivity index (χ0v) is 10.8. The number of carbonyl (C=O) groups excluding carboxylic acids is 1. The number of hydrogen-bond donors (Lipinski definition) is 0. The SMILES string of the molecule is CC=CC(=O)N(C)Cc1ccc2ccccc2c1. The topological polar surface area (TPSA) is 20.3 Å². The molecule has 0 bridgehead atoms. The van der Waals surface area contributed by atoms with E-state index < -0.39 is 0 Å². The monoisotopic (exact) mass is 239 g/mol. The van der Waals surface area contributed by atoms with Crippen molar-refractivity contribution in [3.8, 4) is 0 Å². The molecule has 2 rings (SSSR count). The molecule has 18 heavy (non-hydrogen) atoms. The van der Waals surface area contributed by atoms with Gasteiger partial charge < -0.3 is 4.90 Å². The van der Waals surface area contributed by atoms with Crippen LogP contribution in [0.1, 0.15) is 12.5 Å². The quantitative estimate of drug-likeness (QED) is 0.752. The Bertz CT molecular complexity index is 586. The molecule has 0 saturated heterocycles. The van der Waals surface area contributed by atoms with Gasteiger partial charge in [-0.05, 0) is 35.4 Å². The van der Waals surface area contributed by atoms with E-state index in [-0.39, 0.29) is 5.91 Å². The van der Waals surface area contributed by atoms with Gasteiger partial charge in [-0.2, -0.15) is 0 Å². The van der Waals surface area contributed by atoms with Crippen LogP contribution in [0.5, 0.6) is 0 Å². The number of allylic oxidation sites excluding steroid dienone is 1. The molecule has 0 N–H and O–H groups in total. The zero-order valence-electron chi connectivity index (χ0n) is 10.8. The molecule has 0 aliphatic carbocycles. The fourth-order valence-electron chi connectivity index (χ4n) is 1.96. The Morgan fingerprint density at radius 2 is 1.89 bits per heavy atom. The van der Waals surface area contributed by atoms with Gasteiger partial charge in [-0.25, -0.2) is 0 Å². The first-order valence-electron chi connectivity index (χ1n) is 6.06. The maximum atomic E-state index is 11.7. The molecule has 0 heterocycles. The molecule has 0 radical (unpaired) electrons. The van der Waals surface area contributed by atoms with Gasteiger partial charge >= 0.3 is 0 Å². The van der Waals surface area contributed by atoms with Crippen molar-refractivity contribution in [2.45, 2.75) is 13.5 Å². The van der Waals surface area contributed by atoms with Crippen LogP contribution in [-0.4, -0.2) is 17.9 Å². The minimum atomic E-state index is 0.0330. The first kappa shape index (κ1) is 12.4. The molecule has 0 fully saturated rings. The van der Waals surface area contributed by atoms with E-state index in [9.17, 15) is 4.79 Å². The van der Waals surface area contributed by atoms with Crippen LogP contribution in [0.2, 0.25) is 0 Å². The van der Waals surface area contributed by atoms with Crippen LogP contribution in [0.3, 0.4) is 0 Å². The highest BCUT2D eigenvalue weighted by molar-refractivity contribution is 5.87. The second-order valence-corrected chi connectivity index (χ2v) is 4.38. The molecule has 2 aromatic rings. The van der Waals surface area contributed by atoms with Crippen molar-refractivity contribution in [1.29, 1.82) is 0 Å². The third-order valence-corrected chi connectivity index (χ3v) is 2.92. The molecule has 1 amide bonds. The Balaban J connectivity index is 2.19. The van der Waals surface area contributed by atoms with E-state index in [2.05, 4.69) is 30.3 Å². The summed E-state index contributed by atoms with van der Waals surface area (Å²) in [4.78, 5) is 13.4. The lowest BCUT2D eigenvalue weighted by atomic mass is 10.1. The van der Waals surface area contributed by atoms with Crippen molar-refractivity contribution < 1.29 is 4.79 Å². The van der Waals surface area contributed by atoms with Gasteiger partial charge in [-0.1, -0.05) is 42.5 Å². The van der Waals surface area contributed by atoms with Crippen molar-refractivity contribution in [2.24, 2.45) is 0 Å². The standard InChI is InChI=1S/C16H17NO/c1-3-6-16(18)17(2)12-13-9-10-14-7-4-5-8-15(14)11-13/h3-11H,12H2,1-2H3. The molecule has 2 aromatic carbocycles. The molecular formula is C16H17NO. The van der Waals surface area contributed by atoms with E-state index >= 15 is 0 Å². The van der Waals surface area contributed by atoms with Crippen LogP contribution < -0.4 is 0 Å². The van der Waals surface area contributed by atoms with Crippen molar-refractivity contribution >= 4 is 16.7 Å². The van der Waals surface area contributed by atoms with E-state index in [4.69, 9.17) is 0 Å². The molecule has 0 saturated carbocycles. The summed E-state index contributed by atoms with van der Waals surface area (Å²) in [5.74, 6) is 0.0330. The lowest BCUT2D eigenvalue weighted by Gasteiger charge is -2.15. The van der Waals surface area contributed by atoms with Crippen LogP contribution in [0.4, 0.5) is 0 Å². The molecule has 2 nitrogen and oxygen atoms in total. The maximum Gasteiger partial charge on any atom is 0.246 e. The average Bonchev–Trinajstić information content (AvgIpc) is 2.39. The highest BCUT2D eigenvalue weighted by Gasteiger charge is 2.05. The minimum absolute atomic E-state index is 0.0330. The second-order valence-electron chi connectivity index (χ2n) is 4.38. The van der Waals surface area contributed by atoms with Crippen molar-refractivity contribution in [3.63, 3.8) is 0 Å². The molecular weight excluding hydrogens is 222 g/mol. The van der Waals surface area contributed by atoms with Gasteiger partial charge in [0.25, 0.3) is 0 Å². The van der Waals surface area contributed by atoms with Crippen molar-refractivity contribution in [3.05, 3.63) is 60.2 Å². The number of fused-ring (bicyclic) bond motifs is 1. The summed E-state index contributed by atoms with van der Waals surface area (Å²) in [5.41, 5.74) is 1.15. The van der Waals surface area contributed by atoms with Crippen molar-refractivity contribution in [2.75, 3.05) is 7.05 Å². The lowest BCUT2D eigenvalue weighted by molar-refractivity contribution is -0.125. The molecule has 0 aliphatic heterocycles. The number of hydrogen-bond acceptors (Lipinski definition) is 1. The smallest absolute Gasteiger partial charge is 0.246 e. The fourth-order valence-corrected chi connectivity index (χ4v) is 1.96. The van der Waals surface area contributed by atoms with Crippen LogP contribution in [0.15, 0.2) is 54.6 Å². The van der Waals surface area contributed by atoms with E-state index in [1.165, 1.54) is 10.8 Å². The summed E-state index contributed by atoms with van der Waals surface area (Å²) < 4.78 is 0. The van der Waals surface area contributed by atoms with E-state index in [0.717, 1.165) is 5.56 Å². The largest absolute Gasteiger partial charge is 0.338 e. The fraction of sp³-hybridized carbons (Fsp3) is 0.188. The number of benzene rings is 2. The van der Waals surface area contributed by atoms with Crippen molar-refractivity contribution in [1.82, 2.24) is 4.90 Å². The van der Waals surface area contributed by atoms with Gasteiger partial charge in [0.2, 0.25) is 5.91 Å². The van der Waals surface area contributed by atoms with Gasteiger partial charge in [0.15, 0.2) is 0 Å². The number of likely N-dealkylation sites (N-methyl/N-ethyl adjacent to an activating group) is 1. The first-order valence-corrected chi connectivity index (χ1v) is 6.06. The molecule has 0 aliphatic rings. The molecule has 2 heteroatoms. The van der Waals surface area contributed by atoms with Gasteiger partial charge in [0.1, 0.15) is 0 Å². The van der Waals surface area contributed by atoms with Gasteiger partial charge in [-0.3, -0.25) is 4.79 Å². The second kappa shape index (κ2) is 5.50. The Hall–Kier alpha value is -2.09. The predicted octanol–water partition coefficient (Wildman–Crippen LogP) is 3.37. The van der Waals surface area contributed by atoms with Crippen LogP contribution in [0.25, 0.3) is 10.8 Å². The lowest BCUT2D eigenvalue weighted by Crippen LogP contribution is -2.24. The summed E-state index contributed by atoms with van der Waals surface area (Å²) in [6.07, 6.45) is 3.35. The average molecular weight is 239 g/mol. The van der Waals surface area contributed by atoms with Gasteiger partial charge in [0.05, 0.1) is 0 Å². The van der Waals surface area contributed by atoms with Crippen LogP contribution in [0, 0.1) is 0 Å². The number of nitrogens with zero attached hydrogens (tertiary/aromatic N) is 1. The molecule has 0 unspecified atom stereocenters. The predicted molar refractivity (Wildman–Crippen MR) is 75.2 cm³/mol. The summed E-state index contributed by atoms with van der Waals surface area (Å²) in [6.45, 7) is 2.48. The number of rotatable bonds is 3. The normalized spacial score (nSPS) is 11.0. The molecule has 0 aromatic heterocycles. The highest BCUT2D eigenvalue weighted by atomic mass is 16.2. The van der Waals surface area contributed by atoms with Crippen LogP contribution in [-0.2, 0) is 11.3 Å². The Morgan fingerprint density at radius 3 is 2.61 bits per heavy atom. The Labute approximate surface area is 108 Å². The third-order valence-electron chi connectivity index (χ3n) is 2.92. The van der Waals surface area contributed by atoms with Crippen LogP contribution >= 0.6 is 0 Å². The third kappa shape index (κ3) is 2.77. The van der Waals surface area contributed by atoms with E-state index in [1.54, 1.807) is 17.1 Å². The summed E-state index contributed by atoms with van der Waals surface area (Å²) in [5, 5.41) is 2.44. The zero-order chi connectivity index (χ0) is 13.0. The first-order chi connectivity index (χ1) is 8.70. The number of carbonyl (C=O) groups is 1. The molecule has 0 atom stereocenters. The Kier molecular flexibility index (Phi) is 3.78. The number of amides is 1. The summed E-state index contributed by atoms with van der Waals surface area (Å²) in [6, 6.07) is 14.5. The molecule has 92 valence electrons. The Morgan fingerprint density at radius 1 is 1.17 bits per heavy atom. The van der Waals surface area contributed by atoms with Gasteiger partial charge in [0, 0.05) is 13.6 Å². The maximum absolute atomic E-state index is 11.7. The highest BCUT2D eigenvalue weighted by Crippen LogP contribution is 2.16. The molecule has 0 spiro atoms. The summed E-state index contributed by atoms with van der Waals surface area (Å²) in [7, 11) is 1.82. The van der Waals surface area contributed by atoms with E-state index in [0.29, 0.717) is 6.54 Å². The minimum Gasteiger partial charge on any atom is -0.338 e. The summed E-state index contributed by atoms with van der Waals surface area (Å²) >= 11 is 0.